The predicted molar refractivity (Wildman–Crippen MR) is 101 cm³/mol. The van der Waals surface area contributed by atoms with Gasteiger partial charge in [0.15, 0.2) is 0 Å². The van der Waals surface area contributed by atoms with E-state index in [1.807, 2.05) is 0 Å². The van der Waals surface area contributed by atoms with Crippen LogP contribution < -0.4 is 5.32 Å². The molecular formula is C18H22N2O8S. The third-order valence-corrected chi connectivity index (χ3v) is 4.67. The molecule has 0 fully saturated rings. The van der Waals surface area contributed by atoms with E-state index in [1.165, 1.54) is 12.1 Å². The van der Waals surface area contributed by atoms with Gasteiger partial charge in [0.05, 0.1) is 16.9 Å². The van der Waals surface area contributed by atoms with E-state index in [-0.39, 0.29) is 22.6 Å². The summed E-state index contributed by atoms with van der Waals surface area (Å²) in [5.41, 5.74) is -0.728. The van der Waals surface area contributed by atoms with Crippen molar-refractivity contribution in [3.8, 4) is 0 Å². The van der Waals surface area contributed by atoms with Gasteiger partial charge in [-0.1, -0.05) is 17.2 Å². The Labute approximate surface area is 168 Å². The molecule has 1 aromatic rings. The van der Waals surface area contributed by atoms with Crippen molar-refractivity contribution < 1.29 is 37.2 Å². The van der Waals surface area contributed by atoms with Gasteiger partial charge in [0.1, 0.15) is 21.5 Å². The zero-order valence-electron chi connectivity index (χ0n) is 16.4. The highest BCUT2D eigenvalue weighted by Crippen LogP contribution is 2.23. The molecule has 1 aromatic carbocycles. The zero-order chi connectivity index (χ0) is 22.0. The van der Waals surface area contributed by atoms with E-state index in [0.717, 1.165) is 6.26 Å². The third-order valence-electron chi connectivity index (χ3n) is 3.69. The maximum absolute atomic E-state index is 12.5. The van der Waals surface area contributed by atoms with E-state index >= 15 is 0 Å². The molecule has 1 aliphatic rings. The largest absolute Gasteiger partial charge is 0.444 e. The summed E-state index contributed by atoms with van der Waals surface area (Å²) < 4.78 is 28.0. The maximum atomic E-state index is 12.5. The Bertz CT molecular complexity index is 914. The molecule has 0 radical (unpaired) electrons. The minimum atomic E-state index is -3.46. The van der Waals surface area contributed by atoms with Gasteiger partial charge < -0.3 is 14.9 Å². The lowest BCUT2D eigenvalue weighted by atomic mass is 10.1. The van der Waals surface area contributed by atoms with E-state index in [4.69, 9.17) is 9.57 Å². The van der Waals surface area contributed by atoms with E-state index in [9.17, 15) is 27.6 Å². The average Bonchev–Trinajstić information content (AvgIpc) is 2.81. The maximum Gasteiger partial charge on any atom is 0.408 e. The standard InChI is InChI=1S/C18H22N2O8S/c1-18(2,3)27-17(24)19-13(9-10-29(4,25)26)16(23)28-20-14(21)11-7-5-6-8-12(11)15(20)22/h5-8,13H,9-10H2,1-4H3,(H,19,24)/t13-/m0/s1. The molecule has 2 rings (SSSR count). The summed E-state index contributed by atoms with van der Waals surface area (Å²) >= 11 is 0. The minimum absolute atomic E-state index is 0.0677. The lowest BCUT2D eigenvalue weighted by Crippen LogP contribution is -2.47. The van der Waals surface area contributed by atoms with Gasteiger partial charge in [-0.2, -0.15) is 0 Å². The summed E-state index contributed by atoms with van der Waals surface area (Å²) in [4.78, 5) is 54.1. The molecule has 0 saturated carbocycles. The molecular weight excluding hydrogens is 404 g/mol. The predicted octanol–water partition coefficient (Wildman–Crippen LogP) is 1.07. The average molecular weight is 426 g/mol. The second-order valence-corrected chi connectivity index (χ2v) is 9.74. The minimum Gasteiger partial charge on any atom is -0.444 e. The number of ether oxygens (including phenoxy) is 1. The number of sulfone groups is 1. The van der Waals surface area contributed by atoms with Crippen LogP contribution in [-0.4, -0.2) is 61.0 Å². The Morgan fingerprint density at radius 2 is 1.62 bits per heavy atom. The number of hydroxylamine groups is 2. The van der Waals surface area contributed by atoms with Crippen LogP contribution in [0.2, 0.25) is 0 Å². The summed E-state index contributed by atoms with van der Waals surface area (Å²) in [7, 11) is -3.46. The second kappa shape index (κ2) is 8.19. The summed E-state index contributed by atoms with van der Waals surface area (Å²) in [6, 6.07) is 4.46. The Morgan fingerprint density at radius 3 is 2.07 bits per heavy atom. The number of benzene rings is 1. The monoisotopic (exact) mass is 426 g/mol. The molecule has 0 unspecified atom stereocenters. The van der Waals surface area contributed by atoms with Gasteiger partial charge >= 0.3 is 12.1 Å². The Hall–Kier alpha value is -2.95. The van der Waals surface area contributed by atoms with Crippen molar-refractivity contribution in [3.05, 3.63) is 35.4 Å². The molecule has 1 aliphatic heterocycles. The van der Waals surface area contributed by atoms with Gasteiger partial charge in [-0.05, 0) is 39.3 Å². The van der Waals surface area contributed by atoms with E-state index < -0.39 is 51.1 Å². The number of nitrogens with one attached hydrogen (secondary N) is 1. The van der Waals surface area contributed by atoms with Crippen LogP contribution in [0.3, 0.4) is 0 Å². The van der Waals surface area contributed by atoms with Gasteiger partial charge in [-0.15, -0.1) is 0 Å². The number of carbonyl (C=O) groups excluding carboxylic acids is 4. The molecule has 0 bridgehead atoms. The van der Waals surface area contributed by atoms with E-state index in [0.29, 0.717) is 0 Å². The number of alkyl carbamates (subject to hydrolysis) is 1. The lowest BCUT2D eigenvalue weighted by Gasteiger charge is -2.23. The first-order chi connectivity index (χ1) is 13.3. The first-order valence-corrected chi connectivity index (χ1v) is 10.7. The molecule has 1 heterocycles. The number of amides is 3. The molecule has 10 nitrogen and oxygen atoms in total. The number of fused-ring (bicyclic) bond motifs is 1. The first-order valence-electron chi connectivity index (χ1n) is 8.65. The molecule has 3 amide bonds. The van der Waals surface area contributed by atoms with Gasteiger partial charge in [-0.3, -0.25) is 9.59 Å². The zero-order valence-corrected chi connectivity index (χ0v) is 17.2. The van der Waals surface area contributed by atoms with Gasteiger partial charge in [0.2, 0.25) is 0 Å². The fourth-order valence-corrected chi connectivity index (χ4v) is 3.10. The summed E-state index contributed by atoms with van der Waals surface area (Å²) in [5.74, 6) is -3.28. The van der Waals surface area contributed by atoms with Gasteiger partial charge in [0, 0.05) is 6.26 Å². The Balaban J connectivity index is 2.15. The molecule has 1 atom stereocenters. The van der Waals surface area contributed by atoms with Crippen molar-refractivity contribution in [1.82, 2.24) is 10.4 Å². The molecule has 1 N–H and O–H groups in total. The quantitative estimate of drug-likeness (QED) is 0.667. The van der Waals surface area contributed by atoms with Crippen molar-refractivity contribution in [2.75, 3.05) is 12.0 Å². The fraction of sp³-hybridized carbons (Fsp3) is 0.444. The highest BCUT2D eigenvalue weighted by atomic mass is 32.2. The molecule has 0 aromatic heterocycles. The highest BCUT2D eigenvalue weighted by Gasteiger charge is 2.40. The molecule has 0 spiro atoms. The Kier molecular flexibility index (Phi) is 6.31. The van der Waals surface area contributed by atoms with Gasteiger partial charge in [-0.25, -0.2) is 18.0 Å². The number of hydrogen-bond acceptors (Lipinski definition) is 8. The van der Waals surface area contributed by atoms with Crippen molar-refractivity contribution in [2.45, 2.75) is 38.8 Å². The van der Waals surface area contributed by atoms with Crippen LogP contribution in [0.15, 0.2) is 24.3 Å². The lowest BCUT2D eigenvalue weighted by molar-refractivity contribution is -0.171. The van der Waals surface area contributed by atoms with Crippen molar-refractivity contribution >= 4 is 33.7 Å². The van der Waals surface area contributed by atoms with Crippen molar-refractivity contribution in [3.63, 3.8) is 0 Å². The second-order valence-electron chi connectivity index (χ2n) is 7.48. The number of nitrogens with zero attached hydrogens (tertiary/aromatic N) is 1. The van der Waals surface area contributed by atoms with Crippen LogP contribution in [0.1, 0.15) is 47.9 Å². The normalized spacial score (nSPS) is 15.0. The van der Waals surface area contributed by atoms with E-state index in [2.05, 4.69) is 5.32 Å². The Morgan fingerprint density at radius 1 is 1.10 bits per heavy atom. The highest BCUT2D eigenvalue weighted by molar-refractivity contribution is 7.90. The van der Waals surface area contributed by atoms with E-state index in [1.54, 1.807) is 32.9 Å². The van der Waals surface area contributed by atoms with Crippen LogP contribution in [0.25, 0.3) is 0 Å². The topological polar surface area (TPSA) is 136 Å². The molecule has 158 valence electrons. The number of hydrogen-bond donors (Lipinski definition) is 1. The summed E-state index contributed by atoms with van der Waals surface area (Å²) in [5, 5.41) is 2.51. The van der Waals surface area contributed by atoms with Crippen LogP contribution in [0, 0.1) is 0 Å². The van der Waals surface area contributed by atoms with Crippen LogP contribution in [0.5, 0.6) is 0 Å². The third kappa shape index (κ3) is 6.01. The van der Waals surface area contributed by atoms with Gasteiger partial charge in [0.25, 0.3) is 11.8 Å². The molecule has 11 heteroatoms. The fourth-order valence-electron chi connectivity index (χ4n) is 2.43. The van der Waals surface area contributed by atoms with Crippen molar-refractivity contribution in [2.24, 2.45) is 0 Å². The van der Waals surface area contributed by atoms with Crippen molar-refractivity contribution in [1.29, 1.82) is 0 Å². The van der Waals surface area contributed by atoms with Crippen LogP contribution >= 0.6 is 0 Å². The first kappa shape index (κ1) is 22.3. The SMILES string of the molecule is CC(C)(C)OC(=O)N[C@@H](CCS(C)(=O)=O)C(=O)ON1C(=O)c2ccccc2C1=O. The van der Waals surface area contributed by atoms with Crippen LogP contribution in [0.4, 0.5) is 4.79 Å². The summed E-state index contributed by atoms with van der Waals surface area (Å²) in [6.45, 7) is 4.82. The number of carbonyl (C=O) groups is 4. The van der Waals surface area contributed by atoms with Crippen LogP contribution in [-0.2, 0) is 24.2 Å². The smallest absolute Gasteiger partial charge is 0.408 e. The number of imide groups is 1. The molecule has 0 aliphatic carbocycles. The number of rotatable bonds is 6. The molecule has 0 saturated heterocycles. The molecule has 29 heavy (non-hydrogen) atoms. The summed E-state index contributed by atoms with van der Waals surface area (Å²) in [6.07, 6.45) is -0.345.